The molecule has 0 aliphatic rings. The van der Waals surface area contributed by atoms with Gasteiger partial charge in [0.25, 0.3) is 5.91 Å². The Morgan fingerprint density at radius 3 is 2.65 bits per heavy atom. The minimum absolute atomic E-state index is 0.0465. The summed E-state index contributed by atoms with van der Waals surface area (Å²) < 4.78 is 5.91. The Morgan fingerprint density at radius 1 is 1.08 bits per heavy atom. The molecule has 0 spiro atoms. The van der Waals surface area contributed by atoms with Gasteiger partial charge in [0.05, 0.1) is 12.3 Å². The van der Waals surface area contributed by atoms with Crippen molar-refractivity contribution in [1.82, 2.24) is 5.43 Å². The van der Waals surface area contributed by atoms with Gasteiger partial charge in [-0.25, -0.2) is 5.43 Å². The Morgan fingerprint density at radius 2 is 1.88 bits per heavy atom. The molecule has 3 aromatic carbocycles. The molecule has 132 valence electrons. The lowest BCUT2D eigenvalue weighted by Crippen LogP contribution is -2.17. The molecule has 0 aromatic heterocycles. The Hall–Kier alpha value is -3.14. The summed E-state index contributed by atoms with van der Waals surface area (Å²) in [6, 6.07) is 19.4. The summed E-state index contributed by atoms with van der Waals surface area (Å²) in [5.41, 5.74) is 5.06. The summed E-state index contributed by atoms with van der Waals surface area (Å²) >= 11 is 0. The van der Waals surface area contributed by atoms with E-state index in [9.17, 15) is 4.79 Å². The van der Waals surface area contributed by atoms with E-state index in [4.69, 9.17) is 4.74 Å². The van der Waals surface area contributed by atoms with E-state index in [1.807, 2.05) is 75.4 Å². The number of fused-ring (bicyclic) bond motifs is 1. The maximum absolute atomic E-state index is 12.3. The third-order valence-corrected chi connectivity index (χ3v) is 3.93. The monoisotopic (exact) mass is 346 g/mol. The molecular weight excluding hydrogens is 324 g/mol. The molecule has 0 heterocycles. The van der Waals surface area contributed by atoms with Crippen LogP contribution in [0.15, 0.2) is 65.8 Å². The average Bonchev–Trinajstić information content (AvgIpc) is 2.62. The van der Waals surface area contributed by atoms with Crippen molar-refractivity contribution < 1.29 is 9.53 Å². The van der Waals surface area contributed by atoms with E-state index in [1.54, 1.807) is 12.3 Å². The van der Waals surface area contributed by atoms with Crippen molar-refractivity contribution in [2.45, 2.75) is 26.9 Å². The fourth-order valence-electron chi connectivity index (χ4n) is 2.77. The van der Waals surface area contributed by atoms with Gasteiger partial charge in [0.15, 0.2) is 0 Å². The van der Waals surface area contributed by atoms with E-state index in [0.29, 0.717) is 5.56 Å². The van der Waals surface area contributed by atoms with E-state index in [2.05, 4.69) is 10.5 Å². The molecule has 1 N–H and O–H groups in total. The van der Waals surface area contributed by atoms with Crippen LogP contribution in [0.3, 0.4) is 0 Å². The highest BCUT2D eigenvalue weighted by atomic mass is 16.5. The molecule has 3 aromatic rings. The number of aryl methyl sites for hydroxylation is 1. The second-order valence-corrected chi connectivity index (χ2v) is 6.43. The fraction of sp³-hybridized carbons (Fsp3) is 0.182. The van der Waals surface area contributed by atoms with Crippen molar-refractivity contribution in [3.8, 4) is 5.75 Å². The number of hydrazone groups is 1. The topological polar surface area (TPSA) is 50.7 Å². The third kappa shape index (κ3) is 4.09. The Kier molecular flexibility index (Phi) is 5.32. The molecule has 4 heteroatoms. The van der Waals surface area contributed by atoms with Gasteiger partial charge in [0.1, 0.15) is 5.75 Å². The fourth-order valence-corrected chi connectivity index (χ4v) is 2.77. The first kappa shape index (κ1) is 17.7. The molecule has 4 nitrogen and oxygen atoms in total. The predicted molar refractivity (Wildman–Crippen MR) is 106 cm³/mol. The normalized spacial score (nSPS) is 11.2. The zero-order chi connectivity index (χ0) is 18.5. The van der Waals surface area contributed by atoms with E-state index in [0.717, 1.165) is 27.6 Å². The molecule has 26 heavy (non-hydrogen) atoms. The lowest BCUT2D eigenvalue weighted by Gasteiger charge is -2.14. The average molecular weight is 346 g/mol. The number of carbonyl (C=O) groups excluding carboxylic acids is 1. The summed E-state index contributed by atoms with van der Waals surface area (Å²) in [5.74, 6) is 0.503. The van der Waals surface area contributed by atoms with Crippen LogP contribution in [0, 0.1) is 6.92 Å². The van der Waals surface area contributed by atoms with Crippen LogP contribution in [-0.2, 0) is 0 Å². The molecular formula is C22H22N2O2. The molecule has 3 rings (SSSR count). The molecule has 0 aliphatic carbocycles. The highest BCUT2D eigenvalue weighted by molar-refractivity contribution is 6.03. The third-order valence-electron chi connectivity index (χ3n) is 3.93. The Labute approximate surface area is 153 Å². The van der Waals surface area contributed by atoms with Gasteiger partial charge in [-0.15, -0.1) is 0 Å². The van der Waals surface area contributed by atoms with E-state index in [1.165, 1.54) is 0 Å². The van der Waals surface area contributed by atoms with Gasteiger partial charge < -0.3 is 4.74 Å². The zero-order valence-corrected chi connectivity index (χ0v) is 15.2. The number of nitrogens with zero attached hydrogens (tertiary/aromatic N) is 1. The molecule has 1 amide bonds. The van der Waals surface area contributed by atoms with Crippen molar-refractivity contribution in [2.75, 3.05) is 0 Å². The van der Waals surface area contributed by atoms with Gasteiger partial charge in [-0.2, -0.15) is 5.10 Å². The quantitative estimate of drug-likeness (QED) is 0.538. The number of amides is 1. The summed E-state index contributed by atoms with van der Waals surface area (Å²) in [5, 5.41) is 6.28. The number of ether oxygens (including phenoxy) is 1. The van der Waals surface area contributed by atoms with Crippen LogP contribution in [0.4, 0.5) is 0 Å². The summed E-state index contributed by atoms with van der Waals surface area (Å²) in [4.78, 5) is 12.3. The van der Waals surface area contributed by atoms with Crippen LogP contribution < -0.4 is 10.2 Å². The Bertz CT molecular complexity index is 961. The minimum Gasteiger partial charge on any atom is -0.490 e. The minimum atomic E-state index is -0.239. The zero-order valence-electron chi connectivity index (χ0n) is 15.2. The van der Waals surface area contributed by atoms with Crippen LogP contribution >= 0.6 is 0 Å². The largest absolute Gasteiger partial charge is 0.490 e. The number of carbonyl (C=O) groups is 1. The molecule has 0 saturated carbocycles. The first-order valence-corrected chi connectivity index (χ1v) is 8.63. The lowest BCUT2D eigenvalue weighted by atomic mass is 10.0. The van der Waals surface area contributed by atoms with Crippen LogP contribution in [0.1, 0.15) is 35.3 Å². The van der Waals surface area contributed by atoms with Gasteiger partial charge in [0, 0.05) is 11.1 Å². The van der Waals surface area contributed by atoms with Crippen molar-refractivity contribution in [3.05, 3.63) is 77.4 Å². The van der Waals surface area contributed by atoms with Crippen molar-refractivity contribution >= 4 is 22.9 Å². The van der Waals surface area contributed by atoms with E-state index >= 15 is 0 Å². The van der Waals surface area contributed by atoms with Gasteiger partial charge in [-0.05, 0) is 49.7 Å². The predicted octanol–water partition coefficient (Wildman–Crippen LogP) is 4.70. The van der Waals surface area contributed by atoms with Crippen LogP contribution in [0.25, 0.3) is 10.8 Å². The van der Waals surface area contributed by atoms with Crippen molar-refractivity contribution in [1.29, 1.82) is 0 Å². The molecule has 0 saturated heterocycles. The summed E-state index contributed by atoms with van der Waals surface area (Å²) in [6.07, 6.45) is 1.69. The number of rotatable bonds is 5. The maximum atomic E-state index is 12.3. The first-order valence-electron chi connectivity index (χ1n) is 8.63. The number of hydrogen-bond acceptors (Lipinski definition) is 3. The summed E-state index contributed by atoms with van der Waals surface area (Å²) in [6.45, 7) is 5.91. The maximum Gasteiger partial charge on any atom is 0.271 e. The van der Waals surface area contributed by atoms with Crippen molar-refractivity contribution in [3.63, 3.8) is 0 Å². The standard InChI is InChI=1S/C22H22N2O2/c1-15(2)26-21-12-11-17-8-4-5-10-19(17)20(21)14-23-24-22(25)18-9-6-7-16(3)13-18/h4-15H,1-3H3,(H,24,25)/b23-14-. The molecule has 0 aliphatic heterocycles. The number of benzene rings is 3. The molecule has 0 bridgehead atoms. The van der Waals surface area contributed by atoms with E-state index < -0.39 is 0 Å². The van der Waals surface area contributed by atoms with Crippen molar-refractivity contribution in [2.24, 2.45) is 5.10 Å². The summed E-state index contributed by atoms with van der Waals surface area (Å²) in [7, 11) is 0. The van der Waals surface area contributed by atoms with Gasteiger partial charge in [-0.1, -0.05) is 48.0 Å². The van der Waals surface area contributed by atoms with Crippen LogP contribution in [0.2, 0.25) is 0 Å². The molecule has 0 unspecified atom stereocenters. The van der Waals surface area contributed by atoms with Crippen LogP contribution in [0.5, 0.6) is 5.75 Å². The molecule has 0 atom stereocenters. The van der Waals surface area contributed by atoms with Crippen LogP contribution in [-0.4, -0.2) is 18.2 Å². The molecule has 0 fully saturated rings. The second kappa shape index (κ2) is 7.83. The lowest BCUT2D eigenvalue weighted by molar-refractivity contribution is 0.0955. The Balaban J connectivity index is 1.89. The smallest absolute Gasteiger partial charge is 0.271 e. The van der Waals surface area contributed by atoms with Gasteiger partial charge >= 0.3 is 0 Å². The van der Waals surface area contributed by atoms with Gasteiger partial charge in [0.2, 0.25) is 0 Å². The SMILES string of the molecule is Cc1cccc(C(=O)N/N=C\c2c(OC(C)C)ccc3ccccc23)c1. The number of hydrogen-bond donors (Lipinski definition) is 1. The second-order valence-electron chi connectivity index (χ2n) is 6.43. The molecule has 0 radical (unpaired) electrons. The highest BCUT2D eigenvalue weighted by Crippen LogP contribution is 2.27. The van der Waals surface area contributed by atoms with E-state index in [-0.39, 0.29) is 12.0 Å². The van der Waals surface area contributed by atoms with Gasteiger partial charge in [-0.3, -0.25) is 4.79 Å². The first-order chi connectivity index (χ1) is 12.5. The highest BCUT2D eigenvalue weighted by Gasteiger charge is 2.09. The number of nitrogens with one attached hydrogen (secondary N) is 1.